The van der Waals surface area contributed by atoms with Gasteiger partial charge in [-0.15, -0.1) is 0 Å². The zero-order chi connectivity index (χ0) is 11.3. The molecule has 1 saturated carbocycles. The summed E-state index contributed by atoms with van der Waals surface area (Å²) in [4.78, 5) is 13.6. The summed E-state index contributed by atoms with van der Waals surface area (Å²) in [6.07, 6.45) is 5.83. The first kappa shape index (κ1) is 12.5. The minimum atomic E-state index is 0.243. The molecule has 0 aromatic heterocycles. The van der Waals surface area contributed by atoms with Gasteiger partial charge in [-0.05, 0) is 25.7 Å². The van der Waals surface area contributed by atoms with Crippen LogP contribution in [0.2, 0.25) is 0 Å². The Morgan fingerprint density at radius 3 is 2.60 bits per heavy atom. The van der Waals surface area contributed by atoms with Crippen LogP contribution >= 0.6 is 0 Å². The second kappa shape index (κ2) is 6.11. The number of likely N-dealkylation sites (N-methyl/N-ethyl adjacent to an activating group) is 1. The smallest absolute Gasteiger partial charge is 0.236 e. The number of nitrogens with one attached hydrogen (secondary N) is 1. The lowest BCUT2D eigenvalue weighted by Crippen LogP contribution is -2.40. The van der Waals surface area contributed by atoms with E-state index in [1.807, 2.05) is 11.9 Å². The first-order chi connectivity index (χ1) is 7.19. The predicted molar refractivity (Wildman–Crippen MR) is 62.8 cm³/mol. The van der Waals surface area contributed by atoms with Crippen molar-refractivity contribution < 1.29 is 4.79 Å². The van der Waals surface area contributed by atoms with Crippen molar-refractivity contribution >= 4 is 5.91 Å². The van der Waals surface area contributed by atoms with Gasteiger partial charge >= 0.3 is 0 Å². The average Bonchev–Trinajstić information content (AvgIpc) is 3.06. The van der Waals surface area contributed by atoms with Gasteiger partial charge in [0.2, 0.25) is 5.91 Å². The first-order valence-corrected chi connectivity index (χ1v) is 6.18. The first-order valence-electron chi connectivity index (χ1n) is 6.18. The van der Waals surface area contributed by atoms with Crippen LogP contribution in [0.25, 0.3) is 0 Å². The molecule has 88 valence electrons. The van der Waals surface area contributed by atoms with Crippen molar-refractivity contribution in [2.24, 2.45) is 0 Å². The van der Waals surface area contributed by atoms with Crippen LogP contribution in [0.15, 0.2) is 0 Å². The highest BCUT2D eigenvalue weighted by atomic mass is 16.2. The lowest BCUT2D eigenvalue weighted by molar-refractivity contribution is -0.129. The quantitative estimate of drug-likeness (QED) is 0.697. The van der Waals surface area contributed by atoms with Crippen LogP contribution in [-0.2, 0) is 4.79 Å². The molecule has 1 unspecified atom stereocenters. The van der Waals surface area contributed by atoms with Gasteiger partial charge in [0.05, 0.1) is 6.54 Å². The minimum absolute atomic E-state index is 0.243. The Kier molecular flexibility index (Phi) is 5.09. The average molecular weight is 212 g/mol. The molecule has 0 aliphatic heterocycles. The molecule has 0 aromatic carbocycles. The lowest BCUT2D eigenvalue weighted by atomic mass is 10.1. The van der Waals surface area contributed by atoms with Crippen LogP contribution in [0.3, 0.4) is 0 Å². The molecule has 0 spiro atoms. The number of hydrogen-bond acceptors (Lipinski definition) is 2. The third kappa shape index (κ3) is 4.20. The van der Waals surface area contributed by atoms with E-state index in [0.717, 1.165) is 12.8 Å². The topological polar surface area (TPSA) is 32.3 Å². The Hall–Kier alpha value is -0.570. The second-order valence-corrected chi connectivity index (χ2v) is 4.51. The molecule has 1 amide bonds. The molecule has 0 radical (unpaired) electrons. The molecular formula is C12H24N2O. The third-order valence-electron chi connectivity index (χ3n) is 3.16. The number of amides is 1. The lowest BCUT2D eigenvalue weighted by Gasteiger charge is -2.20. The van der Waals surface area contributed by atoms with Gasteiger partial charge in [0, 0.05) is 19.1 Å². The summed E-state index contributed by atoms with van der Waals surface area (Å²) in [5.74, 6) is 0.243. The number of carbonyl (C=O) groups is 1. The van der Waals surface area contributed by atoms with E-state index >= 15 is 0 Å². The summed E-state index contributed by atoms with van der Waals surface area (Å²) in [6, 6.07) is 1.04. The van der Waals surface area contributed by atoms with Crippen molar-refractivity contribution in [3.8, 4) is 0 Å². The van der Waals surface area contributed by atoms with Gasteiger partial charge in [0.15, 0.2) is 0 Å². The summed E-state index contributed by atoms with van der Waals surface area (Å²) in [7, 11) is 1.92. The van der Waals surface area contributed by atoms with Gasteiger partial charge in [-0.3, -0.25) is 4.79 Å². The van der Waals surface area contributed by atoms with E-state index in [1.54, 1.807) is 0 Å². The molecule has 0 bridgehead atoms. The molecule has 0 aromatic rings. The Labute approximate surface area is 93.2 Å². The van der Waals surface area contributed by atoms with E-state index in [4.69, 9.17) is 0 Å². The fourth-order valence-electron chi connectivity index (χ4n) is 1.82. The van der Waals surface area contributed by atoms with E-state index < -0.39 is 0 Å². The molecule has 0 heterocycles. The van der Waals surface area contributed by atoms with E-state index in [2.05, 4.69) is 19.2 Å². The van der Waals surface area contributed by atoms with Crippen molar-refractivity contribution in [3.63, 3.8) is 0 Å². The highest BCUT2D eigenvalue weighted by molar-refractivity contribution is 5.78. The highest BCUT2D eigenvalue weighted by Crippen LogP contribution is 2.25. The normalized spacial score (nSPS) is 17.5. The number of hydrogen-bond donors (Lipinski definition) is 1. The Morgan fingerprint density at radius 2 is 2.13 bits per heavy atom. The standard InChI is InChI=1S/C12H24N2O/c1-4-6-10(5-2)13-9-12(15)14(3)11-7-8-11/h10-11,13H,4-9H2,1-3H3. The molecule has 3 nitrogen and oxygen atoms in total. The van der Waals surface area contributed by atoms with Crippen LogP contribution in [0.4, 0.5) is 0 Å². The van der Waals surface area contributed by atoms with Crippen LogP contribution in [0.5, 0.6) is 0 Å². The summed E-state index contributed by atoms with van der Waals surface area (Å²) >= 11 is 0. The van der Waals surface area contributed by atoms with Gasteiger partial charge in [-0.1, -0.05) is 20.3 Å². The van der Waals surface area contributed by atoms with Crippen molar-refractivity contribution in [2.45, 2.75) is 58.0 Å². The van der Waals surface area contributed by atoms with Crippen LogP contribution in [0.1, 0.15) is 46.0 Å². The summed E-state index contributed by atoms with van der Waals surface area (Å²) < 4.78 is 0. The number of carbonyl (C=O) groups excluding carboxylic acids is 1. The molecule has 15 heavy (non-hydrogen) atoms. The van der Waals surface area contributed by atoms with Crippen LogP contribution in [0, 0.1) is 0 Å². The molecule has 1 fully saturated rings. The fourth-order valence-corrected chi connectivity index (χ4v) is 1.82. The SMILES string of the molecule is CCCC(CC)NCC(=O)N(C)C1CC1. The minimum Gasteiger partial charge on any atom is -0.342 e. The summed E-state index contributed by atoms with van der Waals surface area (Å²) in [6.45, 7) is 4.86. The maximum Gasteiger partial charge on any atom is 0.236 e. The van der Waals surface area contributed by atoms with Crippen molar-refractivity contribution in [1.82, 2.24) is 10.2 Å². The van der Waals surface area contributed by atoms with E-state index in [9.17, 15) is 4.79 Å². The largest absolute Gasteiger partial charge is 0.342 e. The molecule has 1 N–H and O–H groups in total. The van der Waals surface area contributed by atoms with Gasteiger partial charge in [0.25, 0.3) is 0 Å². The molecule has 1 atom stereocenters. The van der Waals surface area contributed by atoms with Gasteiger partial charge in [-0.2, -0.15) is 0 Å². The Balaban J connectivity index is 2.19. The van der Waals surface area contributed by atoms with E-state index in [-0.39, 0.29) is 5.91 Å². The van der Waals surface area contributed by atoms with Gasteiger partial charge in [-0.25, -0.2) is 0 Å². The predicted octanol–water partition coefficient (Wildman–Crippen LogP) is 1.78. The third-order valence-corrected chi connectivity index (χ3v) is 3.16. The molecule has 1 aliphatic rings. The zero-order valence-electron chi connectivity index (χ0n) is 10.3. The van der Waals surface area contributed by atoms with Crippen molar-refractivity contribution in [3.05, 3.63) is 0 Å². The highest BCUT2D eigenvalue weighted by Gasteiger charge is 2.29. The monoisotopic (exact) mass is 212 g/mol. The summed E-state index contributed by atoms with van der Waals surface area (Å²) in [5.41, 5.74) is 0. The van der Waals surface area contributed by atoms with Crippen LogP contribution in [-0.4, -0.2) is 36.5 Å². The van der Waals surface area contributed by atoms with E-state index in [1.165, 1.54) is 19.3 Å². The fraction of sp³-hybridized carbons (Fsp3) is 0.917. The summed E-state index contributed by atoms with van der Waals surface area (Å²) in [5, 5.41) is 3.34. The molecular weight excluding hydrogens is 188 g/mol. The number of rotatable bonds is 7. The Bertz CT molecular complexity index is 202. The molecule has 1 aliphatic carbocycles. The zero-order valence-corrected chi connectivity index (χ0v) is 10.3. The maximum absolute atomic E-state index is 11.7. The molecule has 3 heteroatoms. The second-order valence-electron chi connectivity index (χ2n) is 4.51. The molecule has 1 rings (SSSR count). The molecule has 0 saturated heterocycles. The van der Waals surface area contributed by atoms with Crippen molar-refractivity contribution in [2.75, 3.05) is 13.6 Å². The van der Waals surface area contributed by atoms with Crippen molar-refractivity contribution in [1.29, 1.82) is 0 Å². The Morgan fingerprint density at radius 1 is 1.47 bits per heavy atom. The van der Waals surface area contributed by atoms with Gasteiger partial charge < -0.3 is 10.2 Å². The van der Waals surface area contributed by atoms with Gasteiger partial charge in [0.1, 0.15) is 0 Å². The number of nitrogens with zero attached hydrogens (tertiary/aromatic N) is 1. The van der Waals surface area contributed by atoms with Crippen LogP contribution < -0.4 is 5.32 Å². The maximum atomic E-state index is 11.7. The van der Waals surface area contributed by atoms with E-state index in [0.29, 0.717) is 18.6 Å².